The number of nitrogens with zero attached hydrogens (tertiary/aromatic N) is 3. The average molecular weight is 354 g/mol. The van der Waals surface area contributed by atoms with Gasteiger partial charge in [0.15, 0.2) is 10.5 Å². The first-order valence-corrected chi connectivity index (χ1v) is 8.88. The van der Waals surface area contributed by atoms with Gasteiger partial charge in [0.05, 0.1) is 23.4 Å². The van der Waals surface area contributed by atoms with E-state index < -0.39 is 5.76 Å². The van der Waals surface area contributed by atoms with E-state index in [9.17, 15) is 9.59 Å². The molecule has 1 atom stereocenters. The third-order valence-corrected chi connectivity index (χ3v) is 5.38. The van der Waals surface area contributed by atoms with Crippen LogP contribution in [0.15, 0.2) is 45.1 Å². The lowest BCUT2D eigenvalue weighted by molar-refractivity contribution is -0.121. The maximum absolute atomic E-state index is 12.3. The Labute approximate surface area is 145 Å². The zero-order valence-corrected chi connectivity index (χ0v) is 14.0. The van der Waals surface area contributed by atoms with E-state index in [1.54, 1.807) is 22.0 Å². The minimum absolute atomic E-state index is 0.0344. The van der Waals surface area contributed by atoms with Crippen molar-refractivity contribution >= 4 is 33.3 Å². The van der Waals surface area contributed by atoms with Crippen molar-refractivity contribution in [2.75, 3.05) is 0 Å². The van der Waals surface area contributed by atoms with Gasteiger partial charge in [-0.2, -0.15) is 0 Å². The summed E-state index contributed by atoms with van der Waals surface area (Å²) in [4.78, 5) is 30.0. The zero-order valence-electron chi connectivity index (χ0n) is 13.1. The van der Waals surface area contributed by atoms with Gasteiger partial charge in [-0.05, 0) is 12.1 Å². The molecule has 1 aliphatic heterocycles. The largest absolute Gasteiger partial charge is 0.419 e. The Morgan fingerprint density at radius 1 is 1.32 bits per heavy atom. The van der Waals surface area contributed by atoms with Gasteiger partial charge in [0.25, 0.3) is 0 Å². The van der Waals surface area contributed by atoms with Crippen LogP contribution >= 0.6 is 11.3 Å². The van der Waals surface area contributed by atoms with Crippen LogP contribution in [0, 0.1) is 0 Å². The van der Waals surface area contributed by atoms with E-state index in [-0.39, 0.29) is 11.8 Å². The molecule has 1 amide bonds. The number of rotatable bonds is 2. The Kier molecular flexibility index (Phi) is 3.08. The van der Waals surface area contributed by atoms with Crippen LogP contribution in [0.2, 0.25) is 0 Å². The second kappa shape index (κ2) is 5.32. The number of amides is 1. The Morgan fingerprint density at radius 2 is 2.20 bits per heavy atom. The third-order valence-electron chi connectivity index (χ3n) is 4.62. The van der Waals surface area contributed by atoms with Crippen LogP contribution in [0.1, 0.15) is 23.7 Å². The molecule has 1 N–H and O–H groups in total. The van der Waals surface area contributed by atoms with Crippen LogP contribution in [0.5, 0.6) is 0 Å². The number of para-hydroxylation sites is 2. The van der Waals surface area contributed by atoms with Crippen LogP contribution in [-0.2, 0) is 17.9 Å². The molecule has 0 bridgehead atoms. The molecule has 1 aromatic carbocycles. The molecule has 0 radical (unpaired) electrons. The number of carbonyl (C=O) groups is 1. The number of hydrogen-bond acceptors (Lipinski definition) is 5. The molecule has 0 aliphatic carbocycles. The van der Waals surface area contributed by atoms with Gasteiger partial charge in [-0.25, -0.2) is 9.78 Å². The van der Waals surface area contributed by atoms with Crippen molar-refractivity contribution in [3.63, 3.8) is 0 Å². The second-order valence-electron chi connectivity index (χ2n) is 6.12. The highest BCUT2D eigenvalue weighted by atomic mass is 32.1. The van der Waals surface area contributed by atoms with Crippen LogP contribution in [-0.4, -0.2) is 19.9 Å². The molecule has 0 saturated heterocycles. The van der Waals surface area contributed by atoms with Gasteiger partial charge in [0.1, 0.15) is 0 Å². The van der Waals surface area contributed by atoms with Crippen LogP contribution in [0.25, 0.3) is 16.1 Å². The fourth-order valence-electron chi connectivity index (χ4n) is 3.54. The number of fused-ring (bicyclic) bond motifs is 4. The van der Waals surface area contributed by atoms with Crippen LogP contribution in [0.3, 0.4) is 0 Å². The molecule has 4 aromatic rings. The predicted molar refractivity (Wildman–Crippen MR) is 92.7 cm³/mol. The molecule has 0 spiro atoms. The first-order chi connectivity index (χ1) is 12.2. The predicted octanol–water partition coefficient (Wildman–Crippen LogP) is 2.11. The number of carbonyl (C=O) groups excluding carboxylic acids is 1. The van der Waals surface area contributed by atoms with E-state index in [1.165, 1.54) is 0 Å². The van der Waals surface area contributed by atoms with Gasteiger partial charge in [-0.3, -0.25) is 13.8 Å². The number of hydrogen-bond donors (Lipinski definition) is 1. The van der Waals surface area contributed by atoms with Crippen molar-refractivity contribution in [1.29, 1.82) is 0 Å². The SMILES string of the molecule is O=C1C[C@H](Cn2c(=O)oc3ccccc32)c2c(nc3sccn23)CN1. The van der Waals surface area contributed by atoms with Gasteiger partial charge >= 0.3 is 5.76 Å². The van der Waals surface area contributed by atoms with Gasteiger partial charge in [-0.15, -0.1) is 11.3 Å². The summed E-state index contributed by atoms with van der Waals surface area (Å²) in [5.41, 5.74) is 3.15. The molecule has 8 heteroatoms. The van der Waals surface area contributed by atoms with E-state index in [2.05, 4.69) is 10.3 Å². The van der Waals surface area contributed by atoms with Crippen molar-refractivity contribution in [2.45, 2.75) is 25.4 Å². The highest BCUT2D eigenvalue weighted by Gasteiger charge is 2.29. The smallest absolute Gasteiger partial charge is 0.408 e. The van der Waals surface area contributed by atoms with Gasteiger partial charge in [-0.1, -0.05) is 12.1 Å². The number of imidazole rings is 1. The molecule has 1 aliphatic rings. The van der Waals surface area contributed by atoms with Crippen molar-refractivity contribution in [1.82, 2.24) is 19.3 Å². The molecule has 126 valence electrons. The number of thiazole rings is 1. The number of oxazole rings is 1. The fourth-order valence-corrected chi connectivity index (χ4v) is 4.28. The van der Waals surface area contributed by atoms with E-state index in [1.807, 2.05) is 34.2 Å². The summed E-state index contributed by atoms with van der Waals surface area (Å²) in [7, 11) is 0. The molecule has 0 unspecified atom stereocenters. The van der Waals surface area contributed by atoms with E-state index >= 15 is 0 Å². The molecule has 25 heavy (non-hydrogen) atoms. The lowest BCUT2D eigenvalue weighted by Crippen LogP contribution is -2.24. The summed E-state index contributed by atoms with van der Waals surface area (Å²) in [6, 6.07) is 7.33. The molecule has 0 saturated carbocycles. The topological polar surface area (TPSA) is 81.5 Å². The monoisotopic (exact) mass is 354 g/mol. The van der Waals surface area contributed by atoms with Gasteiger partial charge in [0.2, 0.25) is 5.91 Å². The maximum Gasteiger partial charge on any atom is 0.419 e. The second-order valence-corrected chi connectivity index (χ2v) is 7.00. The number of nitrogens with one attached hydrogen (secondary N) is 1. The van der Waals surface area contributed by atoms with Crippen molar-refractivity contribution < 1.29 is 9.21 Å². The standard InChI is InChI=1S/C17H14N4O3S/c22-14-7-10(9-21-12-3-1-2-4-13(12)24-17(21)23)15-11(8-18-14)19-16-20(15)5-6-25-16/h1-6,10H,7-9H2,(H,18,22)/t10-/m1/s1. The molecule has 5 rings (SSSR count). The minimum atomic E-state index is -0.404. The highest BCUT2D eigenvalue weighted by molar-refractivity contribution is 7.15. The fraction of sp³-hybridized carbons (Fsp3) is 0.235. The molecule has 4 heterocycles. The Morgan fingerprint density at radius 3 is 3.12 bits per heavy atom. The lowest BCUT2D eigenvalue weighted by atomic mass is 10.00. The Bertz CT molecular complexity index is 1170. The van der Waals surface area contributed by atoms with Gasteiger partial charge < -0.3 is 9.73 Å². The molecule has 7 nitrogen and oxygen atoms in total. The minimum Gasteiger partial charge on any atom is -0.408 e. The summed E-state index contributed by atoms with van der Waals surface area (Å²) in [5, 5.41) is 4.86. The summed E-state index contributed by atoms with van der Waals surface area (Å²) >= 11 is 1.56. The van der Waals surface area contributed by atoms with Crippen LogP contribution in [0.4, 0.5) is 0 Å². The molecule has 3 aromatic heterocycles. The highest BCUT2D eigenvalue weighted by Crippen LogP contribution is 2.31. The quantitative estimate of drug-likeness (QED) is 0.598. The van der Waals surface area contributed by atoms with E-state index in [0.29, 0.717) is 25.1 Å². The lowest BCUT2D eigenvalue weighted by Gasteiger charge is -2.15. The summed E-state index contributed by atoms with van der Waals surface area (Å²) in [6.07, 6.45) is 2.27. The molecule has 0 fully saturated rings. The summed E-state index contributed by atoms with van der Waals surface area (Å²) in [6.45, 7) is 0.792. The third kappa shape index (κ3) is 2.21. The zero-order chi connectivity index (χ0) is 17.0. The number of benzene rings is 1. The average Bonchev–Trinajstić information content (AvgIpc) is 3.23. The Hall–Kier alpha value is -2.87. The van der Waals surface area contributed by atoms with Gasteiger partial charge in [0, 0.05) is 30.5 Å². The summed E-state index contributed by atoms with van der Waals surface area (Å²) < 4.78 is 8.96. The first kappa shape index (κ1) is 14.5. The van der Waals surface area contributed by atoms with Crippen molar-refractivity contribution in [2.24, 2.45) is 0 Å². The molecular formula is C17H14N4O3S. The maximum atomic E-state index is 12.3. The van der Waals surface area contributed by atoms with E-state index in [4.69, 9.17) is 4.42 Å². The normalized spacial score (nSPS) is 17.6. The number of aromatic nitrogens is 3. The first-order valence-electron chi connectivity index (χ1n) is 8.00. The Balaban J connectivity index is 1.66. The summed E-state index contributed by atoms with van der Waals surface area (Å²) in [5.74, 6) is -0.591. The van der Waals surface area contributed by atoms with Crippen LogP contribution < -0.4 is 11.1 Å². The van der Waals surface area contributed by atoms with E-state index in [0.717, 1.165) is 21.9 Å². The van der Waals surface area contributed by atoms with Crippen molar-refractivity contribution in [3.05, 3.63) is 57.8 Å². The molecular weight excluding hydrogens is 340 g/mol. The van der Waals surface area contributed by atoms with Crippen molar-refractivity contribution in [3.8, 4) is 0 Å².